The van der Waals surface area contributed by atoms with Gasteiger partial charge in [-0.3, -0.25) is 4.79 Å². The average molecular weight is 289 g/mol. The average Bonchev–Trinajstić information content (AvgIpc) is 2.41. The molecule has 0 amide bonds. The van der Waals surface area contributed by atoms with Crippen LogP contribution in [0.5, 0.6) is 0 Å². The lowest BCUT2D eigenvalue weighted by Gasteiger charge is -2.26. The molecule has 114 valence electrons. The van der Waals surface area contributed by atoms with E-state index in [2.05, 4.69) is 12.2 Å². The number of unbranched alkanes of at least 4 members (excludes halogenated alkanes) is 3. The smallest absolute Gasteiger partial charge is 0.326 e. The first-order valence-electron chi connectivity index (χ1n) is 7.54. The minimum atomic E-state index is -0.525. The molecule has 0 aromatic heterocycles. The maximum absolute atomic E-state index is 11.8. The van der Waals surface area contributed by atoms with Crippen LogP contribution in [0.25, 0.3) is 0 Å². The highest BCUT2D eigenvalue weighted by Gasteiger charge is 2.31. The van der Waals surface area contributed by atoms with E-state index in [0.717, 1.165) is 12.8 Å². The van der Waals surface area contributed by atoms with Crippen LogP contribution >= 0.6 is 11.8 Å². The van der Waals surface area contributed by atoms with Gasteiger partial charge in [-0.25, -0.2) is 0 Å². The van der Waals surface area contributed by atoms with Crippen LogP contribution in [0.15, 0.2) is 0 Å². The molecule has 0 aliphatic heterocycles. The monoisotopic (exact) mass is 289 g/mol. The largest absolute Gasteiger partial charge is 0.465 e. The molecule has 4 heteroatoms. The lowest BCUT2D eigenvalue weighted by molar-refractivity contribution is -0.150. The summed E-state index contributed by atoms with van der Waals surface area (Å²) in [5.74, 6) is 2.34. The predicted octanol–water partition coefficient (Wildman–Crippen LogP) is 3.62. The van der Waals surface area contributed by atoms with Gasteiger partial charge in [0.15, 0.2) is 0 Å². The Morgan fingerprint density at radius 1 is 1.16 bits per heavy atom. The number of esters is 1. The molecule has 3 nitrogen and oxygen atoms in total. The summed E-state index contributed by atoms with van der Waals surface area (Å²) in [5, 5.41) is 3.10. The quantitative estimate of drug-likeness (QED) is 0.440. The normalized spacial score (nSPS) is 14.1. The Morgan fingerprint density at radius 3 is 2.32 bits per heavy atom. The number of ether oxygens (including phenoxy) is 1. The van der Waals surface area contributed by atoms with Crippen LogP contribution < -0.4 is 5.32 Å². The van der Waals surface area contributed by atoms with Crippen molar-refractivity contribution in [3.63, 3.8) is 0 Å². The lowest BCUT2D eigenvalue weighted by Crippen LogP contribution is -2.48. The molecule has 1 atom stereocenters. The topological polar surface area (TPSA) is 38.3 Å². The Hall–Kier alpha value is -0.220. The van der Waals surface area contributed by atoms with Gasteiger partial charge < -0.3 is 10.1 Å². The number of hydrogen-bond acceptors (Lipinski definition) is 4. The fourth-order valence-electron chi connectivity index (χ4n) is 1.86. The van der Waals surface area contributed by atoms with Gasteiger partial charge in [0.2, 0.25) is 0 Å². The second-order valence-electron chi connectivity index (χ2n) is 5.08. The van der Waals surface area contributed by atoms with Crippen LogP contribution in [-0.2, 0) is 9.53 Å². The summed E-state index contributed by atoms with van der Waals surface area (Å²) < 4.78 is 5.11. The molecule has 0 heterocycles. The molecule has 0 aromatic rings. The third-order valence-electron chi connectivity index (χ3n) is 3.39. The lowest BCUT2D eigenvalue weighted by atomic mass is 9.95. The summed E-state index contributed by atoms with van der Waals surface area (Å²) in [6, 6.07) is 0. The number of hydrogen-bond donors (Lipinski definition) is 1. The van der Waals surface area contributed by atoms with E-state index in [4.69, 9.17) is 4.74 Å². The van der Waals surface area contributed by atoms with E-state index in [1.165, 1.54) is 37.2 Å². The van der Waals surface area contributed by atoms with E-state index in [-0.39, 0.29) is 5.97 Å². The number of likely N-dealkylation sites (N-methyl/N-ethyl adjacent to an activating group) is 1. The maximum atomic E-state index is 11.8. The van der Waals surface area contributed by atoms with Crippen molar-refractivity contribution in [1.82, 2.24) is 5.32 Å². The minimum absolute atomic E-state index is 0.131. The van der Waals surface area contributed by atoms with Crippen molar-refractivity contribution in [3.05, 3.63) is 0 Å². The number of carbonyl (C=O) groups excluding carboxylic acids is 1. The Bertz CT molecular complexity index is 236. The molecule has 0 bridgehead atoms. The molecule has 0 rings (SSSR count). The summed E-state index contributed by atoms with van der Waals surface area (Å²) in [5.41, 5.74) is -0.525. The fourth-order valence-corrected chi connectivity index (χ4v) is 2.88. The third-order valence-corrected chi connectivity index (χ3v) is 4.54. The van der Waals surface area contributed by atoms with Gasteiger partial charge in [0.25, 0.3) is 0 Å². The van der Waals surface area contributed by atoms with E-state index < -0.39 is 5.54 Å². The Kier molecular flexibility index (Phi) is 11.5. The summed E-state index contributed by atoms with van der Waals surface area (Å²) in [4.78, 5) is 11.8. The highest BCUT2D eigenvalue weighted by atomic mass is 32.2. The molecule has 1 N–H and O–H groups in total. The van der Waals surface area contributed by atoms with E-state index >= 15 is 0 Å². The molecule has 0 fully saturated rings. The van der Waals surface area contributed by atoms with Crippen molar-refractivity contribution in [2.75, 3.05) is 25.2 Å². The van der Waals surface area contributed by atoms with Gasteiger partial charge in [-0.15, -0.1) is 0 Å². The van der Waals surface area contributed by atoms with Gasteiger partial charge in [-0.2, -0.15) is 11.8 Å². The molecule has 0 radical (unpaired) electrons. The van der Waals surface area contributed by atoms with Crippen molar-refractivity contribution in [2.45, 2.75) is 64.8 Å². The van der Waals surface area contributed by atoms with Gasteiger partial charge in [-0.05, 0) is 51.7 Å². The van der Waals surface area contributed by atoms with Crippen LogP contribution in [0.2, 0.25) is 0 Å². The van der Waals surface area contributed by atoms with Crippen molar-refractivity contribution >= 4 is 17.7 Å². The van der Waals surface area contributed by atoms with Gasteiger partial charge >= 0.3 is 5.97 Å². The number of rotatable bonds is 12. The second-order valence-corrected chi connectivity index (χ2v) is 6.30. The SMILES string of the molecule is CCCCCSCCCCC(C)(NC)C(=O)OCC. The first-order chi connectivity index (χ1) is 9.10. The molecule has 0 aliphatic rings. The Morgan fingerprint density at radius 2 is 1.79 bits per heavy atom. The summed E-state index contributed by atoms with van der Waals surface area (Å²) >= 11 is 2.03. The van der Waals surface area contributed by atoms with Gasteiger partial charge in [-0.1, -0.05) is 26.2 Å². The van der Waals surface area contributed by atoms with E-state index in [9.17, 15) is 4.79 Å². The molecular formula is C15H31NO2S. The molecule has 0 saturated carbocycles. The molecule has 0 aliphatic carbocycles. The fraction of sp³-hybridized carbons (Fsp3) is 0.933. The number of nitrogens with one attached hydrogen (secondary N) is 1. The number of thioether (sulfide) groups is 1. The Labute approximate surface area is 123 Å². The van der Waals surface area contributed by atoms with Crippen LogP contribution in [-0.4, -0.2) is 36.7 Å². The van der Waals surface area contributed by atoms with Gasteiger partial charge in [0, 0.05) is 0 Å². The van der Waals surface area contributed by atoms with Crippen molar-refractivity contribution < 1.29 is 9.53 Å². The molecule has 0 saturated heterocycles. The standard InChI is InChI=1S/C15H31NO2S/c1-5-7-9-12-19-13-10-8-11-15(3,16-4)14(17)18-6-2/h16H,5-13H2,1-4H3. The zero-order valence-electron chi connectivity index (χ0n) is 13.1. The highest BCUT2D eigenvalue weighted by molar-refractivity contribution is 7.99. The maximum Gasteiger partial charge on any atom is 0.326 e. The molecular weight excluding hydrogens is 258 g/mol. The first kappa shape index (κ1) is 18.8. The van der Waals surface area contributed by atoms with Crippen LogP contribution in [0.1, 0.15) is 59.3 Å². The zero-order valence-corrected chi connectivity index (χ0v) is 13.9. The molecule has 0 spiro atoms. The molecule has 0 aromatic carbocycles. The van der Waals surface area contributed by atoms with Gasteiger partial charge in [0.05, 0.1) is 6.61 Å². The van der Waals surface area contributed by atoms with E-state index in [0.29, 0.717) is 6.61 Å². The van der Waals surface area contributed by atoms with Crippen LogP contribution in [0, 0.1) is 0 Å². The predicted molar refractivity (Wildman–Crippen MR) is 84.8 cm³/mol. The van der Waals surface area contributed by atoms with Crippen molar-refractivity contribution in [3.8, 4) is 0 Å². The van der Waals surface area contributed by atoms with Crippen LogP contribution in [0.4, 0.5) is 0 Å². The second kappa shape index (κ2) is 11.6. The van der Waals surface area contributed by atoms with Crippen molar-refractivity contribution in [1.29, 1.82) is 0 Å². The molecule has 19 heavy (non-hydrogen) atoms. The van der Waals surface area contributed by atoms with Gasteiger partial charge in [0.1, 0.15) is 5.54 Å². The zero-order chi connectivity index (χ0) is 14.6. The molecule has 1 unspecified atom stereocenters. The Balaban J connectivity index is 3.69. The third kappa shape index (κ3) is 8.53. The minimum Gasteiger partial charge on any atom is -0.465 e. The summed E-state index contributed by atoms with van der Waals surface area (Å²) in [7, 11) is 1.83. The van der Waals surface area contributed by atoms with Crippen LogP contribution in [0.3, 0.4) is 0 Å². The van der Waals surface area contributed by atoms with E-state index in [1.54, 1.807) is 0 Å². The number of carbonyl (C=O) groups is 1. The van der Waals surface area contributed by atoms with E-state index in [1.807, 2.05) is 32.7 Å². The summed E-state index contributed by atoms with van der Waals surface area (Å²) in [6.45, 7) is 6.46. The summed E-state index contributed by atoms with van der Waals surface area (Å²) in [6.07, 6.45) is 7.05. The van der Waals surface area contributed by atoms with Crippen molar-refractivity contribution in [2.24, 2.45) is 0 Å². The highest BCUT2D eigenvalue weighted by Crippen LogP contribution is 2.17. The first-order valence-corrected chi connectivity index (χ1v) is 8.70.